The molecule has 1 aliphatic carbocycles. The molecule has 4 aliphatic rings. The minimum absolute atomic E-state index is 0.139. The molecule has 4 heteroatoms. The second-order valence-corrected chi connectivity index (χ2v) is 7.13. The van der Waals surface area contributed by atoms with Crippen LogP contribution < -0.4 is 5.32 Å². The predicted octanol–water partition coefficient (Wildman–Crippen LogP) is 2.56. The van der Waals surface area contributed by atoms with E-state index >= 15 is 0 Å². The van der Waals surface area contributed by atoms with Crippen LogP contribution in [0.3, 0.4) is 0 Å². The van der Waals surface area contributed by atoms with E-state index in [-0.39, 0.29) is 17.1 Å². The average Bonchev–Trinajstić information content (AvgIpc) is 3.12. The van der Waals surface area contributed by atoms with Gasteiger partial charge in [-0.3, -0.25) is 9.69 Å². The third-order valence-corrected chi connectivity index (χ3v) is 6.48. The maximum atomic E-state index is 12.0. The number of fused-ring (bicyclic) bond motifs is 2. The minimum Gasteiger partial charge on any atom is -0.506 e. The highest BCUT2D eigenvalue weighted by molar-refractivity contribution is 5.86. The summed E-state index contributed by atoms with van der Waals surface area (Å²) >= 11 is 0. The Morgan fingerprint density at radius 1 is 1.43 bits per heavy atom. The normalized spacial score (nSPS) is 36.0. The van der Waals surface area contributed by atoms with E-state index in [1.165, 1.54) is 11.1 Å². The molecule has 3 atom stereocenters. The van der Waals surface area contributed by atoms with E-state index in [4.69, 9.17) is 0 Å². The van der Waals surface area contributed by atoms with Crippen molar-refractivity contribution < 1.29 is 9.90 Å². The topological polar surface area (TPSA) is 52.6 Å². The number of carbonyl (C=O) groups excluding carboxylic acids is 1. The fourth-order valence-corrected chi connectivity index (χ4v) is 5.50. The molecule has 1 aromatic carbocycles. The number of allylic oxidation sites excluding steroid dienone is 2. The number of aromatic hydroxyl groups is 1. The van der Waals surface area contributed by atoms with E-state index in [1.807, 2.05) is 6.07 Å². The molecule has 5 rings (SSSR count). The van der Waals surface area contributed by atoms with Crippen molar-refractivity contribution in [2.45, 2.75) is 31.2 Å². The number of hydrogen-bond acceptors (Lipinski definition) is 4. The van der Waals surface area contributed by atoms with Gasteiger partial charge in [-0.25, -0.2) is 0 Å². The van der Waals surface area contributed by atoms with Gasteiger partial charge in [0.1, 0.15) is 12.0 Å². The molecule has 0 aromatic heterocycles. The monoisotopic (exact) mass is 308 g/mol. The number of hydrogen-bond donors (Lipinski definition) is 2. The summed E-state index contributed by atoms with van der Waals surface area (Å²) in [6.07, 6.45) is 5.24. The quantitative estimate of drug-likeness (QED) is 0.476. The summed E-state index contributed by atoms with van der Waals surface area (Å²) < 4.78 is 0. The van der Waals surface area contributed by atoms with Gasteiger partial charge in [-0.1, -0.05) is 23.8 Å². The molecule has 0 amide bonds. The van der Waals surface area contributed by atoms with Crippen molar-refractivity contribution >= 4 is 12.0 Å². The number of para-hydroxylation sites is 1. The molecule has 2 saturated heterocycles. The van der Waals surface area contributed by atoms with Gasteiger partial charge in [-0.15, -0.1) is 0 Å². The van der Waals surface area contributed by atoms with E-state index in [1.54, 1.807) is 6.07 Å². The molecule has 2 unspecified atom stereocenters. The first kappa shape index (κ1) is 13.4. The van der Waals surface area contributed by atoms with Crippen LogP contribution in [-0.2, 0) is 10.2 Å². The van der Waals surface area contributed by atoms with Crippen molar-refractivity contribution in [2.24, 2.45) is 5.92 Å². The maximum absolute atomic E-state index is 12.0. The van der Waals surface area contributed by atoms with Crippen LogP contribution in [0.5, 0.6) is 5.75 Å². The lowest BCUT2D eigenvalue weighted by Gasteiger charge is -2.48. The van der Waals surface area contributed by atoms with Gasteiger partial charge < -0.3 is 10.4 Å². The Bertz CT molecular complexity index is 795. The van der Waals surface area contributed by atoms with Crippen molar-refractivity contribution in [1.82, 2.24) is 4.90 Å². The smallest absolute Gasteiger partial charge is 0.148 e. The van der Waals surface area contributed by atoms with Crippen LogP contribution in [0.4, 0.5) is 5.69 Å². The lowest BCUT2D eigenvalue weighted by molar-refractivity contribution is -0.105. The lowest BCUT2D eigenvalue weighted by atomic mass is 9.62. The summed E-state index contributed by atoms with van der Waals surface area (Å²) in [5, 5.41) is 13.7. The van der Waals surface area contributed by atoms with Gasteiger partial charge >= 0.3 is 0 Å². The lowest BCUT2D eigenvalue weighted by Crippen LogP contribution is -2.52. The molecule has 118 valence electrons. The van der Waals surface area contributed by atoms with E-state index in [0.717, 1.165) is 49.2 Å². The number of phenols is 1. The minimum atomic E-state index is -0.139. The third-order valence-electron chi connectivity index (χ3n) is 6.48. The number of rotatable bonds is 1. The van der Waals surface area contributed by atoms with Gasteiger partial charge in [0.25, 0.3) is 0 Å². The zero-order valence-corrected chi connectivity index (χ0v) is 13.2. The number of aldehydes is 1. The number of benzene rings is 1. The first-order valence-electron chi connectivity index (χ1n) is 8.39. The van der Waals surface area contributed by atoms with Crippen LogP contribution in [0.2, 0.25) is 0 Å². The Labute approximate surface area is 135 Å². The number of nitrogens with zero attached hydrogens (tertiary/aromatic N) is 1. The molecule has 1 spiro atoms. The molecule has 4 nitrogen and oxygen atoms in total. The highest BCUT2D eigenvalue weighted by Crippen LogP contribution is 2.61. The van der Waals surface area contributed by atoms with E-state index in [2.05, 4.69) is 29.3 Å². The summed E-state index contributed by atoms with van der Waals surface area (Å²) in [5.41, 5.74) is 5.13. The Morgan fingerprint density at radius 3 is 3.09 bits per heavy atom. The number of carbonyl (C=O) groups is 1. The summed E-state index contributed by atoms with van der Waals surface area (Å²) in [6, 6.07) is 6.18. The highest BCUT2D eigenvalue weighted by Gasteiger charge is 2.61. The molecule has 2 N–H and O–H groups in total. The number of phenolic OH excluding ortho intramolecular Hbond substituents is 1. The Morgan fingerprint density at radius 2 is 2.30 bits per heavy atom. The van der Waals surface area contributed by atoms with Crippen LogP contribution >= 0.6 is 0 Å². The van der Waals surface area contributed by atoms with E-state index < -0.39 is 0 Å². The van der Waals surface area contributed by atoms with Crippen LogP contribution in [0, 0.1) is 5.92 Å². The first-order chi connectivity index (χ1) is 11.2. The molecule has 3 heterocycles. The fraction of sp³-hybridized carbons (Fsp3) is 0.421. The Kier molecular flexibility index (Phi) is 2.48. The van der Waals surface area contributed by atoms with Gasteiger partial charge in [0, 0.05) is 36.3 Å². The molecule has 0 saturated carbocycles. The predicted molar refractivity (Wildman–Crippen MR) is 88.3 cm³/mol. The largest absolute Gasteiger partial charge is 0.506 e. The first-order valence-corrected chi connectivity index (χ1v) is 8.39. The molecule has 2 fully saturated rings. The fourth-order valence-electron chi connectivity index (χ4n) is 5.50. The SMILES string of the molecule is C/C=C1/CN2CC[C@]34C(=C(C=O)C1CC23)Nc1c(O)cccc14. The highest BCUT2D eigenvalue weighted by atomic mass is 16.3. The van der Waals surface area contributed by atoms with Crippen LogP contribution in [-0.4, -0.2) is 35.4 Å². The van der Waals surface area contributed by atoms with E-state index in [0.29, 0.717) is 6.04 Å². The number of nitrogens with one attached hydrogen (secondary N) is 1. The summed E-state index contributed by atoms with van der Waals surface area (Å²) in [4.78, 5) is 14.5. The van der Waals surface area contributed by atoms with Gasteiger partial charge in [-0.2, -0.15) is 0 Å². The average molecular weight is 308 g/mol. The summed E-state index contributed by atoms with van der Waals surface area (Å²) in [7, 11) is 0. The maximum Gasteiger partial charge on any atom is 0.148 e. The van der Waals surface area contributed by atoms with Gasteiger partial charge in [0.05, 0.1) is 11.1 Å². The van der Waals surface area contributed by atoms with Gasteiger partial charge in [0.2, 0.25) is 0 Å². The molecular formula is C19H20N2O2. The molecule has 23 heavy (non-hydrogen) atoms. The van der Waals surface area contributed by atoms with E-state index in [9.17, 15) is 9.90 Å². The summed E-state index contributed by atoms with van der Waals surface area (Å²) in [6.45, 7) is 4.08. The second-order valence-electron chi connectivity index (χ2n) is 7.13. The van der Waals surface area contributed by atoms with Crippen molar-refractivity contribution in [3.8, 4) is 5.75 Å². The molecular weight excluding hydrogens is 288 g/mol. The zero-order chi connectivity index (χ0) is 15.8. The molecule has 1 aromatic rings. The van der Waals surface area contributed by atoms with Crippen LogP contribution in [0.15, 0.2) is 41.1 Å². The van der Waals surface area contributed by atoms with Crippen molar-refractivity contribution in [2.75, 3.05) is 18.4 Å². The second kappa shape index (κ2) is 4.26. The number of anilines is 1. The number of piperidine rings is 1. The van der Waals surface area contributed by atoms with Gasteiger partial charge in [-0.05, 0) is 31.4 Å². The van der Waals surface area contributed by atoms with Crippen molar-refractivity contribution in [3.05, 3.63) is 46.7 Å². The standard InChI is InChI=1S/C19H20N2O2/c1-2-11-9-21-7-6-19-14-4-3-5-15(23)17(14)20-18(19)13(10-22)12(11)8-16(19)21/h2-5,10,12,16,20,23H,6-9H2,1H3/b11-2-/t12?,16?,19-/m1/s1. The summed E-state index contributed by atoms with van der Waals surface area (Å²) in [5.74, 6) is 0.507. The Balaban J connectivity index is 1.84. The Hall–Kier alpha value is -2.07. The molecule has 3 aliphatic heterocycles. The van der Waals surface area contributed by atoms with Gasteiger partial charge in [0.15, 0.2) is 0 Å². The molecule has 0 radical (unpaired) electrons. The van der Waals surface area contributed by atoms with Crippen molar-refractivity contribution in [1.29, 1.82) is 0 Å². The zero-order valence-electron chi connectivity index (χ0n) is 13.2. The van der Waals surface area contributed by atoms with Crippen molar-refractivity contribution in [3.63, 3.8) is 0 Å². The van der Waals surface area contributed by atoms with Crippen LogP contribution in [0.1, 0.15) is 25.3 Å². The third kappa shape index (κ3) is 1.39. The molecule has 2 bridgehead atoms. The van der Waals surface area contributed by atoms with Crippen LogP contribution in [0.25, 0.3) is 0 Å².